The number of carbonyl (C=O) groups excluding carboxylic acids is 1. The lowest BCUT2D eigenvalue weighted by atomic mass is 10.1. The second kappa shape index (κ2) is 8.03. The van der Waals surface area contributed by atoms with Crippen LogP contribution in [0.1, 0.15) is 44.1 Å². The number of carbonyl (C=O) groups is 1. The van der Waals surface area contributed by atoms with Crippen molar-refractivity contribution in [3.8, 4) is 0 Å². The van der Waals surface area contributed by atoms with Gasteiger partial charge in [-0.25, -0.2) is 14.2 Å². The summed E-state index contributed by atoms with van der Waals surface area (Å²) in [5.41, 5.74) is 6.87. The van der Waals surface area contributed by atoms with E-state index in [9.17, 15) is 4.79 Å². The number of allylic oxidation sites excluding steroid dienone is 3. The number of halogens is 1. The normalized spacial score (nSPS) is 15.3. The van der Waals surface area contributed by atoms with Gasteiger partial charge < -0.3 is 5.73 Å². The van der Waals surface area contributed by atoms with E-state index in [1.54, 1.807) is 28.9 Å². The molecule has 1 heterocycles. The summed E-state index contributed by atoms with van der Waals surface area (Å²) in [6.45, 7) is 6.59. The second-order valence-corrected chi connectivity index (χ2v) is 7.85. The molecule has 0 saturated carbocycles. The Kier molecular flexibility index (Phi) is 6.29. The Morgan fingerprint density at radius 2 is 2.08 bits per heavy atom. The van der Waals surface area contributed by atoms with E-state index in [2.05, 4.69) is 43.4 Å². The van der Waals surface area contributed by atoms with Crippen molar-refractivity contribution in [3.05, 3.63) is 46.9 Å². The largest absolute Gasteiger partial charge is 0.364 e. The first-order valence-corrected chi connectivity index (χ1v) is 9.28. The van der Waals surface area contributed by atoms with Gasteiger partial charge in [-0.1, -0.05) is 44.5 Å². The van der Waals surface area contributed by atoms with Gasteiger partial charge in [-0.05, 0) is 42.8 Å². The molecule has 1 atom stereocenters. The maximum atomic E-state index is 11.8. The third-order valence-corrected chi connectivity index (χ3v) is 5.86. The van der Waals surface area contributed by atoms with Crippen LogP contribution in [-0.4, -0.2) is 27.3 Å². The average molecular weight is 369 g/mol. The Labute approximate surface area is 153 Å². The number of hydrogen-bond acceptors (Lipinski definition) is 4. The van der Waals surface area contributed by atoms with Crippen molar-refractivity contribution in [1.82, 2.24) is 9.09 Å². The van der Waals surface area contributed by atoms with Crippen molar-refractivity contribution in [2.24, 2.45) is 11.7 Å². The predicted octanol–water partition coefficient (Wildman–Crippen LogP) is 3.95. The van der Waals surface area contributed by atoms with Crippen LogP contribution in [0.25, 0.3) is 0 Å². The monoisotopic (exact) mass is 368 g/mol. The zero-order valence-corrected chi connectivity index (χ0v) is 16.1. The smallest absolute Gasteiger partial charge is 0.268 e. The molecule has 24 heavy (non-hydrogen) atoms. The lowest BCUT2D eigenvalue weighted by Gasteiger charge is -2.38. The summed E-state index contributed by atoms with van der Waals surface area (Å²) in [4.78, 5) is 11.8. The van der Waals surface area contributed by atoms with Crippen LogP contribution in [0.15, 0.2) is 36.2 Å². The van der Waals surface area contributed by atoms with Gasteiger partial charge in [0, 0.05) is 18.5 Å². The fraction of sp³-hybridized carbons (Fsp3) is 0.471. The maximum absolute atomic E-state index is 11.8. The highest BCUT2D eigenvalue weighted by Crippen LogP contribution is 2.31. The number of nitrogens with zero attached hydrogens (tertiary/aromatic N) is 3. The van der Waals surface area contributed by atoms with Crippen LogP contribution in [0.5, 0.6) is 0 Å². The third kappa shape index (κ3) is 4.11. The van der Waals surface area contributed by atoms with Crippen LogP contribution >= 0.6 is 23.5 Å². The maximum Gasteiger partial charge on any atom is 0.268 e. The molecule has 2 rings (SSSR count). The number of hydrogen-bond donors (Lipinski definition) is 1. The Balaban J connectivity index is 2.37. The van der Waals surface area contributed by atoms with Gasteiger partial charge in [-0.3, -0.25) is 4.79 Å². The Bertz CT molecular complexity index is 653. The number of rotatable bonds is 7. The zero-order chi connectivity index (χ0) is 17.9. The van der Waals surface area contributed by atoms with E-state index >= 15 is 0 Å². The highest BCUT2D eigenvalue weighted by Gasteiger charge is 2.24. The molecule has 132 valence electrons. The molecule has 0 aliphatic heterocycles. The number of primary amides is 1. The second-order valence-electron chi connectivity index (χ2n) is 6.15. The summed E-state index contributed by atoms with van der Waals surface area (Å²) in [5, 5.41) is 2.62. The van der Waals surface area contributed by atoms with Crippen molar-refractivity contribution in [3.63, 3.8) is 0 Å². The molecular weight excluding hydrogens is 344 g/mol. The van der Waals surface area contributed by atoms with E-state index in [1.165, 1.54) is 0 Å². The van der Waals surface area contributed by atoms with Crippen molar-refractivity contribution in [1.29, 1.82) is 0 Å². The third-order valence-electron chi connectivity index (χ3n) is 4.03. The van der Waals surface area contributed by atoms with E-state index in [-0.39, 0.29) is 5.69 Å². The molecule has 0 fully saturated rings. The molecule has 1 aliphatic carbocycles. The van der Waals surface area contributed by atoms with Gasteiger partial charge >= 0.3 is 0 Å². The van der Waals surface area contributed by atoms with E-state index in [1.807, 2.05) is 12.2 Å². The van der Waals surface area contributed by atoms with Crippen molar-refractivity contribution >= 4 is 29.5 Å². The van der Waals surface area contributed by atoms with Gasteiger partial charge in [0.2, 0.25) is 0 Å². The van der Waals surface area contributed by atoms with Crippen molar-refractivity contribution in [2.75, 3.05) is 12.2 Å². The zero-order valence-electron chi connectivity index (χ0n) is 14.6. The van der Waals surface area contributed by atoms with Gasteiger partial charge in [0.15, 0.2) is 0 Å². The first-order valence-electron chi connectivity index (χ1n) is 8.07. The first kappa shape index (κ1) is 18.8. The number of amides is 1. The van der Waals surface area contributed by atoms with Gasteiger partial charge in [-0.15, -0.1) is 0 Å². The summed E-state index contributed by atoms with van der Waals surface area (Å²) in [6, 6.07) is 1.68. The number of nitrogens with two attached hydrogens (primary N) is 1. The fourth-order valence-corrected chi connectivity index (χ4v) is 3.54. The topological polar surface area (TPSA) is 54.5 Å². The Morgan fingerprint density at radius 1 is 1.38 bits per heavy atom. The lowest BCUT2D eigenvalue weighted by Crippen LogP contribution is -2.45. The summed E-state index contributed by atoms with van der Waals surface area (Å²) < 4.78 is 3.77. The Morgan fingerprint density at radius 3 is 2.62 bits per heavy atom. The summed E-state index contributed by atoms with van der Waals surface area (Å²) in [7, 11) is 1.89. The molecule has 5 nitrogen and oxygen atoms in total. The SMILES string of the molecule is CC(C)C(C)SN(C1=CCCC=C1)N(C)n1ccc(Cl)c1C(N)=O. The molecule has 7 heteroatoms. The van der Waals surface area contributed by atoms with Gasteiger partial charge in [0.25, 0.3) is 5.91 Å². The van der Waals surface area contributed by atoms with E-state index < -0.39 is 5.91 Å². The fourth-order valence-electron chi connectivity index (χ4n) is 2.28. The summed E-state index contributed by atoms with van der Waals surface area (Å²) >= 11 is 7.84. The van der Waals surface area contributed by atoms with E-state index in [4.69, 9.17) is 17.3 Å². The lowest BCUT2D eigenvalue weighted by molar-refractivity contribution is 0.0989. The standard InChI is InChI=1S/C17H25ClN4OS/c1-12(2)13(3)24-22(14-8-6-5-7-9-14)20(4)21-11-10-15(18)16(21)17(19)23/h6,8-13H,5,7H2,1-4H3,(H2,19,23). The van der Waals surface area contributed by atoms with Crippen LogP contribution in [0.3, 0.4) is 0 Å². The van der Waals surface area contributed by atoms with Crippen LogP contribution in [0, 0.1) is 5.92 Å². The molecule has 1 amide bonds. The molecular formula is C17H25ClN4OS. The quantitative estimate of drug-likeness (QED) is 0.584. The van der Waals surface area contributed by atoms with Gasteiger partial charge in [0.1, 0.15) is 5.69 Å². The van der Waals surface area contributed by atoms with Crippen LogP contribution in [-0.2, 0) is 0 Å². The van der Waals surface area contributed by atoms with Crippen LogP contribution < -0.4 is 10.9 Å². The van der Waals surface area contributed by atoms with Crippen LogP contribution in [0.2, 0.25) is 5.02 Å². The van der Waals surface area contributed by atoms with Gasteiger partial charge in [0.05, 0.1) is 10.7 Å². The molecule has 0 aromatic carbocycles. The molecule has 2 N–H and O–H groups in total. The van der Waals surface area contributed by atoms with Crippen molar-refractivity contribution < 1.29 is 4.79 Å². The minimum atomic E-state index is -0.549. The molecule has 1 aromatic heterocycles. The molecule has 1 unspecified atom stereocenters. The molecule has 0 radical (unpaired) electrons. The van der Waals surface area contributed by atoms with Crippen LogP contribution in [0.4, 0.5) is 0 Å². The van der Waals surface area contributed by atoms with Crippen molar-refractivity contribution in [2.45, 2.75) is 38.9 Å². The molecule has 0 bridgehead atoms. The molecule has 1 aromatic rings. The summed E-state index contributed by atoms with van der Waals surface area (Å²) in [6.07, 6.45) is 10.3. The molecule has 0 saturated heterocycles. The number of hydrazine groups is 1. The Hall–Kier alpha value is -1.53. The summed E-state index contributed by atoms with van der Waals surface area (Å²) in [5.74, 6) is -0.0326. The first-order chi connectivity index (χ1) is 11.3. The minimum absolute atomic E-state index is 0.280. The predicted molar refractivity (Wildman–Crippen MR) is 102 cm³/mol. The van der Waals surface area contributed by atoms with E-state index in [0.29, 0.717) is 16.2 Å². The van der Waals surface area contributed by atoms with E-state index in [0.717, 1.165) is 18.5 Å². The molecule has 1 aliphatic rings. The highest BCUT2D eigenvalue weighted by atomic mass is 35.5. The minimum Gasteiger partial charge on any atom is -0.364 e. The molecule has 0 spiro atoms. The number of aromatic nitrogens is 1. The average Bonchev–Trinajstić information content (AvgIpc) is 2.94. The highest BCUT2D eigenvalue weighted by molar-refractivity contribution is 7.97. The van der Waals surface area contributed by atoms with Gasteiger partial charge in [-0.2, -0.15) is 0 Å².